The van der Waals surface area contributed by atoms with Crippen LogP contribution in [0.1, 0.15) is 5.56 Å². The number of benzene rings is 1. The van der Waals surface area contributed by atoms with Crippen LogP contribution in [0.15, 0.2) is 48.1 Å². The van der Waals surface area contributed by atoms with Gasteiger partial charge in [-0.3, -0.25) is 9.59 Å². The number of rotatable bonds is 2. The second-order valence-corrected chi connectivity index (χ2v) is 3.54. The minimum atomic E-state index is -0.341. The van der Waals surface area contributed by atoms with Gasteiger partial charge in [-0.15, -0.1) is 0 Å². The summed E-state index contributed by atoms with van der Waals surface area (Å²) >= 11 is 0. The molecule has 0 radical (unpaired) electrons. The van der Waals surface area contributed by atoms with E-state index in [1.165, 1.54) is 6.08 Å². The molecule has 2 rings (SSSR count). The molecule has 1 aliphatic heterocycles. The van der Waals surface area contributed by atoms with Crippen LogP contribution in [0.3, 0.4) is 0 Å². The fourth-order valence-corrected chi connectivity index (χ4v) is 1.47. The lowest BCUT2D eigenvalue weighted by Gasteiger charge is -2.14. The first-order valence-electron chi connectivity index (χ1n) is 5.27. The molecule has 1 saturated heterocycles. The van der Waals surface area contributed by atoms with E-state index in [2.05, 4.69) is 10.6 Å². The minimum Gasteiger partial charge on any atom is -0.334 e. The van der Waals surface area contributed by atoms with Gasteiger partial charge >= 0.3 is 0 Å². The predicted molar refractivity (Wildman–Crippen MR) is 64.7 cm³/mol. The molecule has 0 aliphatic carbocycles. The zero-order chi connectivity index (χ0) is 12.1. The topological polar surface area (TPSA) is 58.2 Å². The van der Waals surface area contributed by atoms with E-state index >= 15 is 0 Å². The van der Waals surface area contributed by atoms with E-state index in [-0.39, 0.29) is 24.1 Å². The average Bonchev–Trinajstić information content (AvgIpc) is 2.34. The zero-order valence-electron chi connectivity index (χ0n) is 9.14. The summed E-state index contributed by atoms with van der Waals surface area (Å²) in [6.45, 7) is 0.192. The Kier molecular flexibility index (Phi) is 3.35. The van der Waals surface area contributed by atoms with Crippen LogP contribution >= 0.6 is 0 Å². The zero-order valence-corrected chi connectivity index (χ0v) is 9.14. The lowest BCUT2D eigenvalue weighted by Crippen LogP contribution is -2.47. The Bertz CT molecular complexity index is 471. The first-order chi connectivity index (χ1) is 8.27. The van der Waals surface area contributed by atoms with Gasteiger partial charge in [-0.1, -0.05) is 42.5 Å². The van der Waals surface area contributed by atoms with Gasteiger partial charge in [0.1, 0.15) is 5.57 Å². The Labute approximate surface area is 99.0 Å². The quantitative estimate of drug-likeness (QED) is 0.582. The van der Waals surface area contributed by atoms with Gasteiger partial charge in [0.15, 0.2) is 0 Å². The summed E-state index contributed by atoms with van der Waals surface area (Å²) < 4.78 is 0. The van der Waals surface area contributed by atoms with Crippen molar-refractivity contribution < 1.29 is 9.59 Å². The van der Waals surface area contributed by atoms with E-state index in [4.69, 9.17) is 0 Å². The van der Waals surface area contributed by atoms with Crippen molar-refractivity contribution in [2.24, 2.45) is 0 Å². The molecule has 0 atom stereocenters. The maximum atomic E-state index is 11.4. The predicted octanol–water partition coefficient (Wildman–Crippen LogP) is 0.830. The molecule has 86 valence electrons. The average molecular weight is 228 g/mol. The van der Waals surface area contributed by atoms with Crippen molar-refractivity contribution in [3.8, 4) is 0 Å². The summed E-state index contributed by atoms with van der Waals surface area (Å²) in [6.07, 6.45) is 5.04. The van der Waals surface area contributed by atoms with E-state index in [9.17, 15) is 9.59 Å². The number of allylic oxidation sites excluding steroid dienone is 2. The molecule has 1 heterocycles. The monoisotopic (exact) mass is 228 g/mol. The van der Waals surface area contributed by atoms with Crippen LogP contribution in [0, 0.1) is 0 Å². The Hall–Kier alpha value is -2.36. The fourth-order valence-electron chi connectivity index (χ4n) is 1.47. The third kappa shape index (κ3) is 2.81. The van der Waals surface area contributed by atoms with E-state index in [1.54, 1.807) is 6.08 Å². The fraction of sp³-hybridized carbons (Fsp3) is 0.0769. The Morgan fingerprint density at radius 3 is 2.29 bits per heavy atom. The molecule has 0 saturated carbocycles. The molecular weight excluding hydrogens is 216 g/mol. The molecule has 2 N–H and O–H groups in total. The number of carbonyl (C=O) groups is 2. The third-order valence-electron chi connectivity index (χ3n) is 2.34. The van der Waals surface area contributed by atoms with Gasteiger partial charge < -0.3 is 10.6 Å². The van der Waals surface area contributed by atoms with Crippen molar-refractivity contribution in [1.29, 1.82) is 0 Å². The number of amides is 2. The van der Waals surface area contributed by atoms with Crippen molar-refractivity contribution in [1.82, 2.24) is 10.6 Å². The SMILES string of the molecule is O=C1NCNC(=O)C1=C/C=C/c1ccccc1. The second kappa shape index (κ2) is 5.12. The van der Waals surface area contributed by atoms with Gasteiger partial charge in [-0.2, -0.15) is 0 Å². The van der Waals surface area contributed by atoms with Gasteiger partial charge in [-0.25, -0.2) is 0 Å². The Balaban J connectivity index is 2.12. The molecule has 0 unspecified atom stereocenters. The lowest BCUT2D eigenvalue weighted by molar-refractivity contribution is -0.126. The van der Waals surface area contributed by atoms with Crippen molar-refractivity contribution >= 4 is 17.9 Å². The lowest BCUT2D eigenvalue weighted by atomic mass is 10.1. The maximum absolute atomic E-state index is 11.4. The van der Waals surface area contributed by atoms with E-state index in [0.29, 0.717) is 0 Å². The van der Waals surface area contributed by atoms with Crippen LogP contribution in [0.2, 0.25) is 0 Å². The molecule has 17 heavy (non-hydrogen) atoms. The summed E-state index contributed by atoms with van der Waals surface area (Å²) in [7, 11) is 0. The highest BCUT2D eigenvalue weighted by molar-refractivity contribution is 6.20. The summed E-state index contributed by atoms with van der Waals surface area (Å²) in [4.78, 5) is 22.7. The van der Waals surface area contributed by atoms with Gasteiger partial charge in [0.05, 0.1) is 6.67 Å². The molecule has 1 fully saturated rings. The van der Waals surface area contributed by atoms with Crippen molar-refractivity contribution in [2.45, 2.75) is 0 Å². The van der Waals surface area contributed by atoms with Crippen molar-refractivity contribution in [2.75, 3.05) is 6.67 Å². The van der Waals surface area contributed by atoms with Crippen LogP contribution in [0.4, 0.5) is 0 Å². The summed E-state index contributed by atoms with van der Waals surface area (Å²) in [5, 5.41) is 5.08. The summed E-state index contributed by atoms with van der Waals surface area (Å²) in [5.41, 5.74) is 1.14. The third-order valence-corrected chi connectivity index (χ3v) is 2.34. The number of hydrogen-bond donors (Lipinski definition) is 2. The highest BCUT2D eigenvalue weighted by Crippen LogP contribution is 2.04. The number of carbonyl (C=O) groups excluding carboxylic acids is 2. The van der Waals surface area contributed by atoms with Gasteiger partial charge in [-0.05, 0) is 11.6 Å². The van der Waals surface area contributed by atoms with E-state index in [0.717, 1.165) is 5.56 Å². The summed E-state index contributed by atoms with van der Waals surface area (Å²) in [6, 6.07) is 9.66. The van der Waals surface area contributed by atoms with Crippen LogP contribution in [0.5, 0.6) is 0 Å². The molecule has 4 heteroatoms. The van der Waals surface area contributed by atoms with Crippen molar-refractivity contribution in [3.05, 3.63) is 53.6 Å². The van der Waals surface area contributed by atoms with Crippen molar-refractivity contribution in [3.63, 3.8) is 0 Å². The standard InChI is InChI=1S/C13H12N2O2/c16-12-11(13(17)15-9-14-12)8-4-7-10-5-2-1-3-6-10/h1-8H,9H2,(H,14,16)(H,15,17)/b7-4+. The molecule has 0 bridgehead atoms. The second-order valence-electron chi connectivity index (χ2n) is 3.54. The van der Waals surface area contributed by atoms with Crippen LogP contribution in [0.25, 0.3) is 6.08 Å². The number of hydrogen-bond acceptors (Lipinski definition) is 2. The van der Waals surface area contributed by atoms with Gasteiger partial charge in [0.25, 0.3) is 11.8 Å². The smallest absolute Gasteiger partial charge is 0.258 e. The molecular formula is C13H12N2O2. The molecule has 1 aromatic rings. The first-order valence-corrected chi connectivity index (χ1v) is 5.27. The maximum Gasteiger partial charge on any atom is 0.258 e. The highest BCUT2D eigenvalue weighted by atomic mass is 16.2. The van der Waals surface area contributed by atoms with Gasteiger partial charge in [0.2, 0.25) is 0 Å². The van der Waals surface area contributed by atoms with E-state index in [1.807, 2.05) is 36.4 Å². The highest BCUT2D eigenvalue weighted by Gasteiger charge is 2.20. The largest absolute Gasteiger partial charge is 0.334 e. The normalized spacial score (nSPS) is 15.6. The number of nitrogens with one attached hydrogen (secondary N) is 2. The molecule has 4 nitrogen and oxygen atoms in total. The van der Waals surface area contributed by atoms with Crippen LogP contribution in [-0.4, -0.2) is 18.5 Å². The Morgan fingerprint density at radius 2 is 1.65 bits per heavy atom. The van der Waals surface area contributed by atoms with Gasteiger partial charge in [0, 0.05) is 0 Å². The van der Waals surface area contributed by atoms with Crippen LogP contribution < -0.4 is 10.6 Å². The molecule has 0 spiro atoms. The molecule has 1 aliphatic rings. The molecule has 1 aromatic carbocycles. The first kappa shape index (κ1) is 11.1. The Morgan fingerprint density at radius 1 is 1.00 bits per heavy atom. The van der Waals surface area contributed by atoms with Crippen LogP contribution in [-0.2, 0) is 9.59 Å². The molecule has 2 amide bonds. The van der Waals surface area contributed by atoms with E-state index < -0.39 is 0 Å². The molecule has 0 aromatic heterocycles. The minimum absolute atomic E-state index is 0.128. The summed E-state index contributed by atoms with van der Waals surface area (Å²) in [5.74, 6) is -0.682.